The van der Waals surface area contributed by atoms with Gasteiger partial charge in [-0.3, -0.25) is 0 Å². The second-order valence-electron chi connectivity index (χ2n) is 2.00. The molecule has 1 radical (unpaired) electrons. The largest absolute Gasteiger partial charge is 0.508 e. The zero-order valence-corrected chi connectivity index (χ0v) is 6.30. The summed E-state index contributed by atoms with van der Waals surface area (Å²) in [6.07, 6.45) is 0. The van der Waals surface area contributed by atoms with E-state index in [1.807, 2.05) is 0 Å². The van der Waals surface area contributed by atoms with Gasteiger partial charge in [-0.25, -0.2) is 8.42 Å². The lowest BCUT2D eigenvalue weighted by atomic mass is 10.3. The first-order chi connectivity index (χ1) is 5.00. The Bertz CT molecular complexity index is 358. The lowest BCUT2D eigenvalue weighted by molar-refractivity contribution is 0.473. The van der Waals surface area contributed by atoms with Gasteiger partial charge < -0.3 is 5.11 Å². The molecule has 0 heterocycles. The Morgan fingerprint density at radius 3 is 2.36 bits per heavy atom. The molecule has 0 fully saturated rings. The summed E-state index contributed by atoms with van der Waals surface area (Å²) in [7, 11) is -3.94. The minimum atomic E-state index is -3.94. The van der Waals surface area contributed by atoms with Crippen LogP contribution in [0.1, 0.15) is 0 Å². The molecule has 0 atom stereocenters. The normalized spacial score (nSPS) is 11.4. The Balaban J connectivity index is 3.28. The van der Waals surface area contributed by atoms with Crippen LogP contribution in [0.15, 0.2) is 29.2 Å². The summed E-state index contributed by atoms with van der Waals surface area (Å²) in [6, 6.07) is 5.00. The monoisotopic (exact) mass is 172 g/mol. The molecule has 0 aliphatic rings. The van der Waals surface area contributed by atoms with Crippen molar-refractivity contribution in [2.45, 2.75) is 4.90 Å². The summed E-state index contributed by atoms with van der Waals surface area (Å²) in [4.78, 5) is -0.197. The van der Waals surface area contributed by atoms with Gasteiger partial charge in [0.15, 0.2) is 0 Å². The Kier molecular flexibility index (Phi) is 1.84. The Labute approximate surface area is 64.3 Å². The number of phenolic OH excluding ortho intramolecular Hbond substituents is 1. The highest BCUT2D eigenvalue weighted by Crippen LogP contribution is 2.14. The van der Waals surface area contributed by atoms with E-state index < -0.39 is 10.0 Å². The maximum Gasteiger partial charge on any atom is 0.254 e. The van der Waals surface area contributed by atoms with Crippen molar-refractivity contribution in [2.75, 3.05) is 0 Å². The fourth-order valence-electron chi connectivity index (χ4n) is 0.651. The van der Waals surface area contributed by atoms with E-state index in [0.29, 0.717) is 0 Å². The second-order valence-corrected chi connectivity index (χ2v) is 3.48. The van der Waals surface area contributed by atoms with Crippen LogP contribution in [0.2, 0.25) is 0 Å². The van der Waals surface area contributed by atoms with Gasteiger partial charge in [-0.05, 0) is 18.2 Å². The number of rotatable bonds is 1. The van der Waals surface area contributed by atoms with E-state index in [-0.39, 0.29) is 10.6 Å². The summed E-state index contributed by atoms with van der Waals surface area (Å²) in [5.74, 6) is -0.154. The van der Waals surface area contributed by atoms with Crippen molar-refractivity contribution in [3.8, 4) is 5.75 Å². The van der Waals surface area contributed by atoms with Crippen LogP contribution in [0.3, 0.4) is 0 Å². The maximum absolute atomic E-state index is 10.5. The minimum Gasteiger partial charge on any atom is -0.508 e. The van der Waals surface area contributed by atoms with E-state index in [1.165, 1.54) is 18.2 Å². The van der Waals surface area contributed by atoms with Crippen LogP contribution in [0, 0.1) is 0 Å². The molecule has 0 aliphatic carbocycles. The van der Waals surface area contributed by atoms with Crippen LogP contribution in [-0.2, 0) is 10.0 Å². The summed E-state index contributed by atoms with van der Waals surface area (Å²) in [5.41, 5.74) is 0. The standard InChI is InChI=1S/C6H6NO3S/c7-11(9,10)6-3-1-2-5(8)4-6/h1-4,7-8H. The molecule has 2 N–H and O–H groups in total. The molecular formula is C6H6NO3S. The summed E-state index contributed by atoms with van der Waals surface area (Å²) >= 11 is 0. The SMILES string of the molecule is [NH]S(=O)(=O)c1cccc(O)c1. The average molecular weight is 172 g/mol. The van der Waals surface area contributed by atoms with Crippen molar-refractivity contribution >= 4 is 10.0 Å². The van der Waals surface area contributed by atoms with Crippen molar-refractivity contribution in [3.05, 3.63) is 24.3 Å². The zero-order chi connectivity index (χ0) is 8.48. The third-order valence-corrected chi connectivity index (χ3v) is 2.00. The van der Waals surface area contributed by atoms with Gasteiger partial charge in [-0.15, -0.1) is 5.14 Å². The van der Waals surface area contributed by atoms with Gasteiger partial charge in [-0.1, -0.05) is 6.07 Å². The third kappa shape index (κ3) is 1.92. The predicted molar refractivity (Wildman–Crippen MR) is 38.4 cm³/mol. The van der Waals surface area contributed by atoms with E-state index >= 15 is 0 Å². The van der Waals surface area contributed by atoms with Crippen LogP contribution >= 0.6 is 0 Å². The van der Waals surface area contributed by atoms with Crippen LogP contribution < -0.4 is 5.14 Å². The predicted octanol–water partition coefficient (Wildman–Crippen LogP) is 0.364. The molecule has 1 aromatic carbocycles. The molecule has 0 saturated carbocycles. The van der Waals surface area contributed by atoms with Gasteiger partial charge in [0.1, 0.15) is 5.75 Å². The molecule has 0 spiro atoms. The first-order valence-corrected chi connectivity index (χ1v) is 4.27. The molecule has 0 unspecified atom stereocenters. The number of benzene rings is 1. The van der Waals surface area contributed by atoms with Crippen LogP contribution in [0.4, 0.5) is 0 Å². The lowest BCUT2D eigenvalue weighted by Crippen LogP contribution is -1.99. The van der Waals surface area contributed by atoms with E-state index in [0.717, 1.165) is 6.07 Å². The number of hydrogen-bond donors (Lipinski definition) is 1. The van der Waals surface area contributed by atoms with Crippen molar-refractivity contribution in [3.63, 3.8) is 0 Å². The van der Waals surface area contributed by atoms with Gasteiger partial charge in [0, 0.05) is 0 Å². The molecule has 0 aliphatic heterocycles. The Hall–Kier alpha value is -1.07. The van der Waals surface area contributed by atoms with E-state index in [2.05, 4.69) is 0 Å². The average Bonchev–Trinajstić information content (AvgIpc) is 1.86. The molecule has 1 aromatic rings. The molecule has 0 aromatic heterocycles. The topological polar surface area (TPSA) is 78.2 Å². The van der Waals surface area contributed by atoms with Crippen molar-refractivity contribution in [1.82, 2.24) is 5.14 Å². The fraction of sp³-hybridized carbons (Fsp3) is 0. The lowest BCUT2D eigenvalue weighted by Gasteiger charge is -1.95. The third-order valence-electron chi connectivity index (χ3n) is 1.13. The highest BCUT2D eigenvalue weighted by molar-refractivity contribution is 7.88. The van der Waals surface area contributed by atoms with Gasteiger partial charge in [0.05, 0.1) is 4.90 Å². The molecule has 0 bridgehead atoms. The molecule has 0 amide bonds. The number of hydrogen-bond acceptors (Lipinski definition) is 3. The highest BCUT2D eigenvalue weighted by atomic mass is 32.2. The van der Waals surface area contributed by atoms with Crippen LogP contribution in [-0.4, -0.2) is 13.5 Å². The molecule has 1 rings (SSSR count). The highest BCUT2D eigenvalue weighted by Gasteiger charge is 2.07. The van der Waals surface area contributed by atoms with E-state index in [1.54, 1.807) is 0 Å². The summed E-state index contributed by atoms with van der Waals surface area (Å²) in [5, 5.41) is 15.5. The summed E-state index contributed by atoms with van der Waals surface area (Å²) < 4.78 is 21.1. The first kappa shape index (κ1) is 8.03. The van der Waals surface area contributed by atoms with Crippen molar-refractivity contribution < 1.29 is 13.5 Å². The number of aromatic hydroxyl groups is 1. The quantitative estimate of drug-likeness (QED) is 0.664. The maximum atomic E-state index is 10.5. The Morgan fingerprint density at radius 2 is 2.00 bits per heavy atom. The van der Waals surface area contributed by atoms with Gasteiger partial charge in [0.2, 0.25) is 0 Å². The number of sulfonamides is 1. The van der Waals surface area contributed by atoms with E-state index in [9.17, 15) is 8.42 Å². The Morgan fingerprint density at radius 1 is 1.36 bits per heavy atom. The molecule has 4 nitrogen and oxygen atoms in total. The zero-order valence-electron chi connectivity index (χ0n) is 5.48. The van der Waals surface area contributed by atoms with Crippen molar-refractivity contribution in [2.24, 2.45) is 0 Å². The van der Waals surface area contributed by atoms with Crippen LogP contribution in [0.5, 0.6) is 5.75 Å². The van der Waals surface area contributed by atoms with Gasteiger partial charge in [0.25, 0.3) is 10.0 Å². The molecular weight excluding hydrogens is 166 g/mol. The summed E-state index contributed by atoms with van der Waals surface area (Å²) in [6.45, 7) is 0. The first-order valence-electron chi connectivity index (χ1n) is 2.79. The van der Waals surface area contributed by atoms with Crippen molar-refractivity contribution in [1.29, 1.82) is 0 Å². The molecule has 59 valence electrons. The van der Waals surface area contributed by atoms with E-state index in [4.69, 9.17) is 10.2 Å². The smallest absolute Gasteiger partial charge is 0.254 e. The van der Waals surface area contributed by atoms with Gasteiger partial charge >= 0.3 is 0 Å². The van der Waals surface area contributed by atoms with Gasteiger partial charge in [-0.2, -0.15) is 0 Å². The van der Waals surface area contributed by atoms with Crippen LogP contribution in [0.25, 0.3) is 0 Å². The second kappa shape index (κ2) is 2.52. The number of phenols is 1. The molecule has 5 heteroatoms. The number of nitrogens with one attached hydrogen (secondary N) is 1. The fourth-order valence-corrected chi connectivity index (χ4v) is 1.18. The minimum absolute atomic E-state index is 0.154. The molecule has 11 heavy (non-hydrogen) atoms. The molecule has 0 saturated heterocycles.